The predicted molar refractivity (Wildman–Crippen MR) is 131 cm³/mol. The summed E-state index contributed by atoms with van der Waals surface area (Å²) in [6.07, 6.45) is 11.0. The molecule has 2 saturated carbocycles. The summed E-state index contributed by atoms with van der Waals surface area (Å²) in [5.41, 5.74) is 9.09. The number of aromatic nitrogens is 2. The topological polar surface area (TPSA) is 109 Å². The summed E-state index contributed by atoms with van der Waals surface area (Å²) in [7, 11) is 0. The van der Waals surface area contributed by atoms with E-state index < -0.39 is 11.5 Å². The van der Waals surface area contributed by atoms with Gasteiger partial charge in [0.2, 0.25) is 0 Å². The van der Waals surface area contributed by atoms with Crippen LogP contribution < -0.4 is 10.6 Å². The number of rotatable bonds is 4. The fourth-order valence-electron chi connectivity index (χ4n) is 6.69. The minimum Gasteiger partial charge on any atom is -0.481 e. The number of carboxylic acid groups (broad SMARTS) is 1. The molecule has 3 N–H and O–H groups in total. The van der Waals surface area contributed by atoms with Gasteiger partial charge in [-0.2, -0.15) is 0 Å². The molecule has 5 rings (SSSR count). The van der Waals surface area contributed by atoms with E-state index in [9.17, 15) is 9.59 Å². The van der Waals surface area contributed by atoms with Crippen LogP contribution in [0.25, 0.3) is 0 Å². The maximum atomic E-state index is 13.2. The summed E-state index contributed by atoms with van der Waals surface area (Å²) >= 11 is 0. The van der Waals surface area contributed by atoms with Crippen molar-refractivity contribution in [2.24, 2.45) is 11.3 Å². The molecule has 0 atom stereocenters. The molecule has 1 amide bonds. The van der Waals surface area contributed by atoms with Crippen molar-refractivity contribution in [2.75, 3.05) is 10.6 Å². The molecule has 2 fully saturated rings. The number of nitrogen functional groups attached to an aromatic ring is 1. The van der Waals surface area contributed by atoms with Gasteiger partial charge in [-0.3, -0.25) is 14.5 Å². The normalized spacial score (nSPS) is 28.2. The second kappa shape index (κ2) is 8.36. The van der Waals surface area contributed by atoms with Crippen molar-refractivity contribution in [3.63, 3.8) is 0 Å². The van der Waals surface area contributed by atoms with Gasteiger partial charge in [-0.15, -0.1) is 0 Å². The van der Waals surface area contributed by atoms with Crippen molar-refractivity contribution in [2.45, 2.75) is 83.1 Å². The average molecular weight is 463 g/mol. The van der Waals surface area contributed by atoms with Crippen molar-refractivity contribution in [3.8, 4) is 0 Å². The molecule has 2 aromatic rings. The second-order valence-corrected chi connectivity index (χ2v) is 11.1. The summed E-state index contributed by atoms with van der Waals surface area (Å²) < 4.78 is 0. The van der Waals surface area contributed by atoms with Gasteiger partial charge in [0.15, 0.2) is 0 Å². The number of nitrogens with two attached hydrogens (primary N) is 1. The number of carbonyl (C=O) groups excluding carboxylic acids is 1. The number of carboxylic acids is 1. The van der Waals surface area contributed by atoms with Crippen LogP contribution in [0.2, 0.25) is 0 Å². The van der Waals surface area contributed by atoms with Crippen LogP contribution in [0.3, 0.4) is 0 Å². The second-order valence-electron chi connectivity index (χ2n) is 11.1. The molecule has 0 unspecified atom stereocenters. The fourth-order valence-corrected chi connectivity index (χ4v) is 6.69. The maximum Gasteiger partial charge on any atom is 0.303 e. The predicted octanol–water partition coefficient (Wildman–Crippen LogP) is 5.26. The van der Waals surface area contributed by atoms with Gasteiger partial charge in [-0.1, -0.05) is 12.1 Å². The summed E-state index contributed by atoms with van der Waals surface area (Å²) in [6.45, 7) is 3.98. The van der Waals surface area contributed by atoms with E-state index in [-0.39, 0.29) is 11.7 Å². The highest BCUT2D eigenvalue weighted by molar-refractivity contribution is 6.14. The van der Waals surface area contributed by atoms with Gasteiger partial charge < -0.3 is 10.8 Å². The zero-order valence-electron chi connectivity index (χ0n) is 20.1. The molecular formula is C27H34N4O3. The monoisotopic (exact) mass is 462 g/mol. The van der Waals surface area contributed by atoms with Gasteiger partial charge in [0, 0.05) is 12.1 Å². The fraction of sp³-hybridized carbons (Fsp3) is 0.556. The summed E-state index contributed by atoms with van der Waals surface area (Å²) in [6, 6.07) is 8.43. The van der Waals surface area contributed by atoms with Gasteiger partial charge in [0.1, 0.15) is 17.7 Å². The van der Waals surface area contributed by atoms with E-state index in [1.807, 2.05) is 26.0 Å². The van der Waals surface area contributed by atoms with Crippen LogP contribution in [0.5, 0.6) is 0 Å². The smallest absolute Gasteiger partial charge is 0.303 e. The molecule has 1 spiro atoms. The standard InChI is InChI=1S/C27H34N4O3/c1-26(2)23-22(24(28)30-16-29-23)25(34)31(26)20-5-3-18(4-6-20)19-9-13-27(14-10-19)11-7-17(8-12-27)15-21(32)33/h3-6,16-17,19H,7-15H2,1-2H3,(H,32,33)(H2,28,29,30). The minimum atomic E-state index is -0.660. The zero-order chi connectivity index (χ0) is 24.1. The Kier molecular flexibility index (Phi) is 5.61. The van der Waals surface area contributed by atoms with Crippen LogP contribution in [-0.2, 0) is 10.3 Å². The summed E-state index contributed by atoms with van der Waals surface area (Å²) in [5.74, 6) is 0.322. The Hall–Kier alpha value is -2.96. The lowest BCUT2D eigenvalue weighted by Crippen LogP contribution is -2.39. The lowest BCUT2D eigenvalue weighted by Gasteiger charge is -2.45. The SMILES string of the molecule is CC1(C)c2ncnc(N)c2C(=O)N1c1ccc(C2CCC3(CCC(CC(=O)O)CC3)CC2)cc1. The first-order valence-corrected chi connectivity index (χ1v) is 12.5. The van der Waals surface area contributed by atoms with E-state index in [4.69, 9.17) is 10.8 Å². The Bertz CT molecular complexity index is 1090. The van der Waals surface area contributed by atoms with Gasteiger partial charge in [0.05, 0.1) is 11.2 Å². The lowest BCUT2D eigenvalue weighted by molar-refractivity contribution is -0.138. The van der Waals surface area contributed by atoms with Crippen LogP contribution in [0.15, 0.2) is 30.6 Å². The third-order valence-corrected chi connectivity index (χ3v) is 8.73. The van der Waals surface area contributed by atoms with Crippen LogP contribution in [0.1, 0.15) is 99.2 Å². The molecule has 1 aromatic heterocycles. The van der Waals surface area contributed by atoms with Crippen molar-refractivity contribution in [3.05, 3.63) is 47.4 Å². The number of nitrogens with zero attached hydrogens (tertiary/aromatic N) is 3. The molecule has 180 valence electrons. The molecule has 3 aliphatic rings. The molecule has 0 bridgehead atoms. The minimum absolute atomic E-state index is 0.149. The number of fused-ring (bicyclic) bond motifs is 1. The van der Waals surface area contributed by atoms with Crippen molar-refractivity contribution in [1.82, 2.24) is 9.97 Å². The molecule has 1 aliphatic heterocycles. The highest BCUT2D eigenvalue weighted by Gasteiger charge is 2.47. The van der Waals surface area contributed by atoms with Gasteiger partial charge >= 0.3 is 5.97 Å². The Morgan fingerprint density at radius 3 is 2.26 bits per heavy atom. The molecule has 0 saturated heterocycles. The van der Waals surface area contributed by atoms with Crippen molar-refractivity contribution < 1.29 is 14.7 Å². The quantitative estimate of drug-likeness (QED) is 0.641. The summed E-state index contributed by atoms with van der Waals surface area (Å²) in [5, 5.41) is 9.09. The number of carbonyl (C=O) groups is 2. The number of aliphatic carboxylic acids is 1. The Labute approximate surface area is 200 Å². The first-order valence-electron chi connectivity index (χ1n) is 12.5. The molecule has 34 heavy (non-hydrogen) atoms. The van der Waals surface area contributed by atoms with Crippen LogP contribution in [0.4, 0.5) is 11.5 Å². The number of hydrogen-bond acceptors (Lipinski definition) is 5. The molecule has 2 heterocycles. The third kappa shape index (κ3) is 3.85. The number of anilines is 2. The molecular weight excluding hydrogens is 428 g/mol. The Morgan fingerprint density at radius 1 is 1.06 bits per heavy atom. The average Bonchev–Trinajstić information content (AvgIpc) is 3.02. The van der Waals surface area contributed by atoms with E-state index >= 15 is 0 Å². The molecule has 7 heteroatoms. The van der Waals surface area contributed by atoms with Gasteiger partial charge in [-0.05, 0) is 100 Å². The zero-order valence-corrected chi connectivity index (χ0v) is 20.1. The highest BCUT2D eigenvalue weighted by atomic mass is 16.4. The number of hydrogen-bond donors (Lipinski definition) is 2. The Morgan fingerprint density at radius 2 is 1.68 bits per heavy atom. The van der Waals surface area contributed by atoms with Gasteiger partial charge in [0.25, 0.3) is 5.91 Å². The molecule has 2 aliphatic carbocycles. The first-order chi connectivity index (χ1) is 16.2. The lowest BCUT2D eigenvalue weighted by atomic mass is 9.60. The van der Waals surface area contributed by atoms with E-state index in [2.05, 4.69) is 22.1 Å². The third-order valence-electron chi connectivity index (χ3n) is 8.73. The highest BCUT2D eigenvalue weighted by Crippen LogP contribution is 2.52. The maximum absolute atomic E-state index is 13.2. The van der Waals surface area contributed by atoms with Crippen LogP contribution >= 0.6 is 0 Å². The van der Waals surface area contributed by atoms with E-state index in [0.29, 0.717) is 34.9 Å². The van der Waals surface area contributed by atoms with E-state index in [1.54, 1.807) is 4.90 Å². The molecule has 0 radical (unpaired) electrons. The molecule has 1 aromatic carbocycles. The Balaban J connectivity index is 1.25. The number of benzene rings is 1. The van der Waals surface area contributed by atoms with Crippen LogP contribution in [0, 0.1) is 11.3 Å². The van der Waals surface area contributed by atoms with Gasteiger partial charge in [-0.25, -0.2) is 9.97 Å². The van der Waals surface area contributed by atoms with Crippen molar-refractivity contribution in [1.29, 1.82) is 0 Å². The van der Waals surface area contributed by atoms with Crippen LogP contribution in [-0.4, -0.2) is 27.0 Å². The number of amides is 1. The van der Waals surface area contributed by atoms with Crippen molar-refractivity contribution >= 4 is 23.4 Å². The largest absolute Gasteiger partial charge is 0.481 e. The van der Waals surface area contributed by atoms with E-state index in [1.165, 1.54) is 50.4 Å². The molecule has 7 nitrogen and oxygen atoms in total. The summed E-state index contributed by atoms with van der Waals surface area (Å²) in [4.78, 5) is 34.4. The first kappa shape index (κ1) is 22.8. The van der Waals surface area contributed by atoms with E-state index in [0.717, 1.165) is 18.5 Å².